The van der Waals surface area contributed by atoms with Gasteiger partial charge < -0.3 is 9.64 Å². The Bertz CT molecular complexity index is 1030. The number of para-hydroxylation sites is 2. The first-order chi connectivity index (χ1) is 13.6. The summed E-state index contributed by atoms with van der Waals surface area (Å²) in [7, 11) is 0. The van der Waals surface area contributed by atoms with E-state index in [9.17, 15) is 4.79 Å². The van der Waals surface area contributed by atoms with Crippen LogP contribution in [0.5, 0.6) is 0 Å². The molecule has 0 saturated carbocycles. The van der Waals surface area contributed by atoms with Gasteiger partial charge >= 0.3 is 0 Å². The van der Waals surface area contributed by atoms with Gasteiger partial charge in [0.25, 0.3) is 0 Å². The van der Waals surface area contributed by atoms with Gasteiger partial charge in [-0.3, -0.25) is 4.79 Å². The number of Topliss-reactive ketones (excluding diaryl/α,β-unsaturated/α-hetero) is 1. The first-order valence-corrected chi connectivity index (χ1v) is 10.6. The van der Waals surface area contributed by atoms with Crippen molar-refractivity contribution < 1.29 is 9.53 Å². The fraction of sp³-hybridized carbons (Fsp3) is 0.250. The first-order valence-electron chi connectivity index (χ1n) is 8.82. The highest BCUT2D eigenvalue weighted by Crippen LogP contribution is 2.31. The van der Waals surface area contributed by atoms with E-state index in [0.717, 1.165) is 35.0 Å². The van der Waals surface area contributed by atoms with Crippen molar-refractivity contribution in [2.45, 2.75) is 5.03 Å². The summed E-state index contributed by atoms with van der Waals surface area (Å²) >= 11 is 13.5. The fourth-order valence-electron chi connectivity index (χ4n) is 2.98. The quantitative estimate of drug-likeness (QED) is 0.427. The summed E-state index contributed by atoms with van der Waals surface area (Å²) in [4.78, 5) is 24.4. The maximum absolute atomic E-state index is 12.7. The summed E-state index contributed by atoms with van der Waals surface area (Å²) in [5.74, 6) is 0.933. The third kappa shape index (κ3) is 4.25. The highest BCUT2D eigenvalue weighted by Gasteiger charge is 2.20. The van der Waals surface area contributed by atoms with Crippen molar-refractivity contribution in [1.29, 1.82) is 0 Å². The lowest BCUT2D eigenvalue weighted by Gasteiger charge is -2.29. The molecule has 1 saturated heterocycles. The van der Waals surface area contributed by atoms with E-state index < -0.39 is 0 Å². The number of ketones is 1. The van der Waals surface area contributed by atoms with Crippen LogP contribution in [0.1, 0.15) is 10.4 Å². The zero-order valence-corrected chi connectivity index (χ0v) is 17.2. The third-order valence-electron chi connectivity index (χ3n) is 4.40. The molecule has 0 atom stereocenters. The van der Waals surface area contributed by atoms with E-state index >= 15 is 0 Å². The summed E-state index contributed by atoms with van der Waals surface area (Å²) in [6, 6.07) is 12.6. The van der Waals surface area contributed by atoms with E-state index in [2.05, 4.69) is 4.90 Å². The maximum Gasteiger partial charge on any atom is 0.174 e. The van der Waals surface area contributed by atoms with E-state index in [4.69, 9.17) is 37.9 Å². The summed E-state index contributed by atoms with van der Waals surface area (Å²) in [5.41, 5.74) is 2.10. The number of hydrogen-bond donors (Lipinski definition) is 0. The molecule has 2 heterocycles. The molecule has 4 rings (SSSR count). The standard InChI is InChI=1S/C20H17Cl2N3O2S/c21-13-5-6-14(15(22)11-13)18(26)12-28-20-19(25-7-9-27-10-8-25)23-16-3-1-2-4-17(16)24-20/h1-6,11H,7-10,12H2. The van der Waals surface area contributed by atoms with Crippen LogP contribution in [0.2, 0.25) is 10.0 Å². The van der Waals surface area contributed by atoms with Crippen LogP contribution in [0.25, 0.3) is 11.0 Å². The Morgan fingerprint density at radius 1 is 1.07 bits per heavy atom. The van der Waals surface area contributed by atoms with Crippen LogP contribution in [-0.2, 0) is 4.74 Å². The monoisotopic (exact) mass is 433 g/mol. The molecule has 0 radical (unpaired) electrons. The van der Waals surface area contributed by atoms with Gasteiger partial charge in [0.1, 0.15) is 5.03 Å². The lowest BCUT2D eigenvalue weighted by Crippen LogP contribution is -2.37. The van der Waals surface area contributed by atoms with Gasteiger partial charge in [0.05, 0.1) is 35.0 Å². The molecular formula is C20H17Cl2N3O2S. The minimum Gasteiger partial charge on any atom is -0.378 e. The van der Waals surface area contributed by atoms with Crippen LogP contribution in [0.15, 0.2) is 47.5 Å². The number of morpholine rings is 1. The van der Waals surface area contributed by atoms with Crippen LogP contribution in [0, 0.1) is 0 Å². The molecule has 0 N–H and O–H groups in total. The zero-order valence-electron chi connectivity index (χ0n) is 14.9. The number of halogens is 2. The summed E-state index contributed by atoms with van der Waals surface area (Å²) in [6.45, 7) is 2.80. The average molecular weight is 434 g/mol. The molecule has 0 spiro atoms. The molecule has 0 amide bonds. The molecule has 0 aliphatic carbocycles. The zero-order chi connectivity index (χ0) is 19.5. The van der Waals surface area contributed by atoms with Gasteiger partial charge in [-0.1, -0.05) is 47.1 Å². The van der Waals surface area contributed by atoms with Crippen molar-refractivity contribution in [3.8, 4) is 0 Å². The van der Waals surface area contributed by atoms with Crippen molar-refractivity contribution in [2.24, 2.45) is 0 Å². The molecule has 3 aromatic rings. The molecule has 144 valence electrons. The van der Waals surface area contributed by atoms with Gasteiger partial charge in [0.15, 0.2) is 11.6 Å². The van der Waals surface area contributed by atoms with Gasteiger partial charge in [-0.25, -0.2) is 9.97 Å². The Hall–Kier alpha value is -1.86. The minimum absolute atomic E-state index is 0.0745. The second-order valence-corrected chi connectivity index (χ2v) is 8.08. The Morgan fingerprint density at radius 3 is 2.50 bits per heavy atom. The van der Waals surface area contributed by atoms with Crippen molar-refractivity contribution in [3.05, 3.63) is 58.1 Å². The number of hydrogen-bond acceptors (Lipinski definition) is 6. The summed E-state index contributed by atoms with van der Waals surface area (Å²) in [6.07, 6.45) is 0. The maximum atomic E-state index is 12.7. The second kappa shape index (κ2) is 8.66. The van der Waals surface area contributed by atoms with Gasteiger partial charge in [-0.2, -0.15) is 0 Å². The number of carbonyl (C=O) groups is 1. The Balaban J connectivity index is 1.62. The largest absolute Gasteiger partial charge is 0.378 e. The fourth-order valence-corrected chi connectivity index (χ4v) is 4.38. The lowest BCUT2D eigenvalue weighted by molar-refractivity contribution is 0.102. The number of thioether (sulfide) groups is 1. The highest BCUT2D eigenvalue weighted by atomic mass is 35.5. The molecule has 0 bridgehead atoms. The number of fused-ring (bicyclic) bond motifs is 1. The van der Waals surface area contributed by atoms with E-state index in [1.54, 1.807) is 18.2 Å². The lowest BCUT2D eigenvalue weighted by atomic mass is 10.1. The normalized spacial score (nSPS) is 14.4. The average Bonchev–Trinajstić information content (AvgIpc) is 2.72. The SMILES string of the molecule is O=C(CSc1nc2ccccc2nc1N1CCOCC1)c1ccc(Cl)cc1Cl. The van der Waals surface area contributed by atoms with Gasteiger partial charge in [0.2, 0.25) is 0 Å². The topological polar surface area (TPSA) is 55.3 Å². The molecule has 2 aromatic carbocycles. The summed E-state index contributed by atoms with van der Waals surface area (Å²) in [5, 5.41) is 1.60. The highest BCUT2D eigenvalue weighted by molar-refractivity contribution is 8.00. The smallest absolute Gasteiger partial charge is 0.174 e. The van der Waals surface area contributed by atoms with Gasteiger partial charge in [0, 0.05) is 23.7 Å². The minimum atomic E-state index is -0.0745. The van der Waals surface area contributed by atoms with Crippen molar-refractivity contribution in [3.63, 3.8) is 0 Å². The Morgan fingerprint density at radius 2 is 1.79 bits per heavy atom. The van der Waals surface area contributed by atoms with E-state index in [1.807, 2.05) is 24.3 Å². The molecular weight excluding hydrogens is 417 g/mol. The van der Waals surface area contributed by atoms with Crippen molar-refractivity contribution >= 4 is 57.6 Å². The second-order valence-electron chi connectivity index (χ2n) is 6.28. The number of benzene rings is 2. The predicted molar refractivity (Wildman–Crippen MR) is 114 cm³/mol. The van der Waals surface area contributed by atoms with Gasteiger partial charge in [-0.05, 0) is 30.3 Å². The molecule has 8 heteroatoms. The molecule has 1 aromatic heterocycles. The van der Waals surface area contributed by atoms with Crippen molar-refractivity contribution in [1.82, 2.24) is 9.97 Å². The van der Waals surface area contributed by atoms with E-state index in [1.165, 1.54) is 11.8 Å². The van der Waals surface area contributed by atoms with E-state index in [-0.39, 0.29) is 11.5 Å². The van der Waals surface area contributed by atoms with Crippen molar-refractivity contribution in [2.75, 3.05) is 37.0 Å². The Labute approximate surface area is 177 Å². The Kier molecular flexibility index (Phi) is 6.01. The van der Waals surface area contributed by atoms with Crippen LogP contribution < -0.4 is 4.90 Å². The van der Waals surface area contributed by atoms with Crippen LogP contribution in [0.3, 0.4) is 0 Å². The molecule has 1 aliphatic heterocycles. The number of ether oxygens (including phenoxy) is 1. The van der Waals surface area contributed by atoms with Crippen LogP contribution in [-0.4, -0.2) is 47.8 Å². The number of anilines is 1. The molecule has 1 fully saturated rings. The predicted octanol–water partition coefficient (Wildman–Crippen LogP) is 4.75. The molecule has 28 heavy (non-hydrogen) atoms. The number of rotatable bonds is 5. The number of aromatic nitrogens is 2. The number of nitrogens with zero attached hydrogens (tertiary/aromatic N) is 3. The van der Waals surface area contributed by atoms with E-state index in [0.29, 0.717) is 28.8 Å². The third-order valence-corrected chi connectivity index (χ3v) is 5.91. The summed E-state index contributed by atoms with van der Waals surface area (Å²) < 4.78 is 5.45. The number of carbonyl (C=O) groups excluding carboxylic acids is 1. The van der Waals surface area contributed by atoms with Gasteiger partial charge in [-0.15, -0.1) is 0 Å². The molecule has 5 nitrogen and oxygen atoms in total. The van der Waals surface area contributed by atoms with Crippen LogP contribution in [0.4, 0.5) is 5.82 Å². The molecule has 0 unspecified atom stereocenters. The first kappa shape index (κ1) is 19.5. The molecule has 1 aliphatic rings. The van der Waals surface area contributed by atoms with Crippen LogP contribution >= 0.6 is 35.0 Å².